The van der Waals surface area contributed by atoms with Crippen LogP contribution < -0.4 is 10.6 Å². The molecule has 0 aromatic carbocycles. The summed E-state index contributed by atoms with van der Waals surface area (Å²) < 4.78 is 16.6. The normalized spacial score (nSPS) is 22.1. The maximum absolute atomic E-state index is 12.3. The highest BCUT2D eigenvalue weighted by Crippen LogP contribution is 2.21. The quantitative estimate of drug-likeness (QED) is 0.197. The van der Waals surface area contributed by atoms with Crippen molar-refractivity contribution >= 4 is 36.0 Å². The zero-order chi connectivity index (χ0) is 21.8. The van der Waals surface area contributed by atoms with Gasteiger partial charge in [0, 0.05) is 45.9 Å². The number of ether oxygens (including phenoxy) is 3. The largest absolute Gasteiger partial charge is 0.444 e. The van der Waals surface area contributed by atoms with E-state index in [0.717, 1.165) is 90.6 Å². The Morgan fingerprint density at radius 1 is 1.26 bits per heavy atom. The van der Waals surface area contributed by atoms with Gasteiger partial charge in [-0.15, -0.1) is 24.0 Å². The summed E-state index contributed by atoms with van der Waals surface area (Å²) in [6.45, 7) is 14.0. The van der Waals surface area contributed by atoms with Gasteiger partial charge < -0.3 is 29.7 Å². The second-order valence-electron chi connectivity index (χ2n) is 9.12. The molecule has 2 rings (SSSR count). The van der Waals surface area contributed by atoms with Crippen molar-refractivity contribution < 1.29 is 19.0 Å². The first-order valence-electron chi connectivity index (χ1n) is 11.6. The molecule has 0 bridgehead atoms. The van der Waals surface area contributed by atoms with Crippen molar-refractivity contribution in [2.75, 3.05) is 52.5 Å². The van der Waals surface area contributed by atoms with Crippen molar-refractivity contribution in [2.24, 2.45) is 10.9 Å². The van der Waals surface area contributed by atoms with Gasteiger partial charge in [0.05, 0.1) is 12.7 Å². The molecular weight excluding hydrogens is 511 g/mol. The van der Waals surface area contributed by atoms with E-state index in [1.54, 1.807) is 0 Å². The highest BCUT2D eigenvalue weighted by atomic mass is 127. The highest BCUT2D eigenvalue weighted by Gasteiger charge is 2.27. The van der Waals surface area contributed by atoms with E-state index in [9.17, 15) is 4.79 Å². The Balaban J connectivity index is 0.00000480. The molecule has 2 aliphatic rings. The molecule has 0 spiro atoms. The summed E-state index contributed by atoms with van der Waals surface area (Å²) in [6.07, 6.45) is 5.16. The van der Waals surface area contributed by atoms with Crippen LogP contribution in [0.25, 0.3) is 0 Å². The Labute approximate surface area is 205 Å². The fourth-order valence-corrected chi connectivity index (χ4v) is 3.68. The second-order valence-corrected chi connectivity index (χ2v) is 9.12. The molecule has 0 radical (unpaired) electrons. The molecule has 31 heavy (non-hydrogen) atoms. The molecule has 8 nitrogen and oxygen atoms in total. The summed E-state index contributed by atoms with van der Waals surface area (Å²) in [7, 11) is 0. The zero-order valence-electron chi connectivity index (χ0n) is 19.8. The average molecular weight is 555 g/mol. The van der Waals surface area contributed by atoms with Crippen LogP contribution in [0.3, 0.4) is 0 Å². The van der Waals surface area contributed by atoms with Crippen LogP contribution in [0.5, 0.6) is 0 Å². The van der Waals surface area contributed by atoms with E-state index in [1.165, 1.54) is 0 Å². The maximum Gasteiger partial charge on any atom is 0.410 e. The highest BCUT2D eigenvalue weighted by molar-refractivity contribution is 14.0. The SMILES string of the molecule is CCNC(=NCCCOC1CCOC1)NCCC1CCCN(C(=O)OC(C)(C)C)C1.I. The Morgan fingerprint density at radius 2 is 2.06 bits per heavy atom. The van der Waals surface area contributed by atoms with Crippen LogP contribution in [0, 0.1) is 5.92 Å². The third-order valence-corrected chi connectivity index (χ3v) is 5.17. The number of carbonyl (C=O) groups excluding carboxylic acids is 1. The lowest BCUT2D eigenvalue weighted by Crippen LogP contribution is -2.44. The topological polar surface area (TPSA) is 84.4 Å². The van der Waals surface area contributed by atoms with E-state index in [2.05, 4.69) is 22.5 Å². The van der Waals surface area contributed by atoms with Crippen LogP contribution in [-0.4, -0.2) is 81.2 Å². The maximum atomic E-state index is 12.3. The molecule has 0 aliphatic carbocycles. The fraction of sp³-hybridized carbons (Fsp3) is 0.909. The Hall–Kier alpha value is -0.810. The van der Waals surface area contributed by atoms with Gasteiger partial charge in [-0.2, -0.15) is 0 Å². The fourth-order valence-electron chi connectivity index (χ4n) is 3.68. The van der Waals surface area contributed by atoms with E-state index in [-0.39, 0.29) is 36.2 Å². The third kappa shape index (κ3) is 12.1. The van der Waals surface area contributed by atoms with Crippen LogP contribution in [0.4, 0.5) is 4.79 Å². The molecule has 9 heteroatoms. The molecule has 1 amide bonds. The van der Waals surface area contributed by atoms with Crippen LogP contribution in [0.1, 0.15) is 59.8 Å². The molecule has 2 fully saturated rings. The van der Waals surface area contributed by atoms with Gasteiger partial charge in [0.1, 0.15) is 5.60 Å². The van der Waals surface area contributed by atoms with Gasteiger partial charge in [0.2, 0.25) is 0 Å². The van der Waals surface area contributed by atoms with Crippen molar-refractivity contribution in [3.63, 3.8) is 0 Å². The van der Waals surface area contributed by atoms with Crippen molar-refractivity contribution in [1.29, 1.82) is 0 Å². The number of hydrogen-bond donors (Lipinski definition) is 2. The number of rotatable bonds is 9. The van der Waals surface area contributed by atoms with Crippen LogP contribution in [-0.2, 0) is 14.2 Å². The summed E-state index contributed by atoms with van der Waals surface area (Å²) in [4.78, 5) is 18.8. The zero-order valence-corrected chi connectivity index (χ0v) is 22.1. The summed E-state index contributed by atoms with van der Waals surface area (Å²) in [5, 5.41) is 6.72. The molecule has 0 aromatic rings. The summed E-state index contributed by atoms with van der Waals surface area (Å²) >= 11 is 0. The molecule has 182 valence electrons. The van der Waals surface area contributed by atoms with Crippen molar-refractivity contribution in [3.05, 3.63) is 0 Å². The van der Waals surface area contributed by atoms with Crippen LogP contribution in [0.15, 0.2) is 4.99 Å². The molecule has 0 saturated carbocycles. The average Bonchev–Trinajstić information content (AvgIpc) is 3.20. The molecule has 2 heterocycles. The van der Waals surface area contributed by atoms with E-state index in [1.807, 2.05) is 25.7 Å². The minimum atomic E-state index is -0.446. The van der Waals surface area contributed by atoms with Gasteiger partial charge in [-0.3, -0.25) is 4.99 Å². The van der Waals surface area contributed by atoms with E-state index < -0.39 is 5.60 Å². The molecule has 0 aromatic heterocycles. The number of piperidine rings is 1. The molecule has 2 saturated heterocycles. The van der Waals surface area contributed by atoms with E-state index in [4.69, 9.17) is 14.2 Å². The molecule has 2 N–H and O–H groups in total. The number of aliphatic imine (C=N–C) groups is 1. The predicted octanol–water partition coefficient (Wildman–Crippen LogP) is 3.39. The Morgan fingerprint density at radius 3 is 2.74 bits per heavy atom. The lowest BCUT2D eigenvalue weighted by molar-refractivity contribution is 0.0162. The molecule has 2 atom stereocenters. The van der Waals surface area contributed by atoms with Crippen molar-refractivity contribution in [2.45, 2.75) is 71.5 Å². The molecule has 2 aliphatic heterocycles. The smallest absolute Gasteiger partial charge is 0.410 e. The summed E-state index contributed by atoms with van der Waals surface area (Å²) in [5.41, 5.74) is -0.446. The van der Waals surface area contributed by atoms with Crippen LogP contribution >= 0.6 is 24.0 Å². The van der Waals surface area contributed by atoms with Crippen molar-refractivity contribution in [3.8, 4) is 0 Å². The summed E-state index contributed by atoms with van der Waals surface area (Å²) in [6, 6.07) is 0. The number of carbonyl (C=O) groups is 1. The lowest BCUT2D eigenvalue weighted by Gasteiger charge is -2.34. The van der Waals surface area contributed by atoms with Crippen LogP contribution in [0.2, 0.25) is 0 Å². The third-order valence-electron chi connectivity index (χ3n) is 5.17. The first-order chi connectivity index (χ1) is 14.4. The standard InChI is InChI=1S/C22H42N4O4.HI/c1-5-23-20(24-11-7-14-29-19-10-15-28-17-19)25-12-9-18-8-6-13-26(16-18)21(27)30-22(2,3)4;/h18-19H,5-17H2,1-4H3,(H2,23,24,25);1H. The van der Waals surface area contributed by atoms with Crippen molar-refractivity contribution in [1.82, 2.24) is 15.5 Å². The number of hydrogen-bond acceptors (Lipinski definition) is 5. The van der Waals surface area contributed by atoms with Gasteiger partial charge >= 0.3 is 6.09 Å². The van der Waals surface area contributed by atoms with E-state index in [0.29, 0.717) is 5.92 Å². The van der Waals surface area contributed by atoms with Gasteiger partial charge in [-0.25, -0.2) is 4.79 Å². The Bertz CT molecular complexity index is 536. The number of guanidine groups is 1. The predicted molar refractivity (Wildman–Crippen MR) is 134 cm³/mol. The monoisotopic (exact) mass is 554 g/mol. The molecular formula is C22H43IN4O4. The number of nitrogens with zero attached hydrogens (tertiary/aromatic N) is 2. The number of amides is 1. The van der Waals surface area contributed by atoms with Gasteiger partial charge in [0.15, 0.2) is 5.96 Å². The number of likely N-dealkylation sites (tertiary alicyclic amines) is 1. The van der Waals surface area contributed by atoms with Gasteiger partial charge in [-0.1, -0.05) is 0 Å². The second kappa shape index (κ2) is 15.1. The molecule has 2 unspecified atom stereocenters. The first-order valence-corrected chi connectivity index (χ1v) is 11.6. The number of halogens is 1. The van der Waals surface area contributed by atoms with Gasteiger partial charge in [0.25, 0.3) is 0 Å². The lowest BCUT2D eigenvalue weighted by atomic mass is 9.95. The van der Waals surface area contributed by atoms with Gasteiger partial charge in [-0.05, 0) is 65.7 Å². The number of nitrogens with one attached hydrogen (secondary N) is 2. The van der Waals surface area contributed by atoms with E-state index >= 15 is 0 Å². The minimum absolute atomic E-state index is 0. The first kappa shape index (κ1) is 28.2. The Kier molecular flexibility index (Phi) is 13.8. The summed E-state index contributed by atoms with van der Waals surface area (Å²) in [5.74, 6) is 1.34. The minimum Gasteiger partial charge on any atom is -0.444 e.